The van der Waals surface area contributed by atoms with Gasteiger partial charge in [0.2, 0.25) is 5.91 Å². The summed E-state index contributed by atoms with van der Waals surface area (Å²) in [7, 11) is 0. The number of fused-ring (bicyclic) bond motifs is 1. The molecule has 2 atom stereocenters. The van der Waals surface area contributed by atoms with Crippen LogP contribution in [-0.4, -0.2) is 36.5 Å². The van der Waals surface area contributed by atoms with E-state index in [0.717, 1.165) is 38.9 Å². The smallest absolute Gasteiger partial charge is 0.230 e. The first-order valence-corrected chi connectivity index (χ1v) is 7.36. The monoisotopic (exact) mass is 294 g/mol. The van der Waals surface area contributed by atoms with Gasteiger partial charge in [-0.15, -0.1) is 12.4 Å². The summed E-state index contributed by atoms with van der Waals surface area (Å²) >= 11 is 0. The highest BCUT2D eigenvalue weighted by atomic mass is 35.5. The molecule has 2 aliphatic rings. The van der Waals surface area contributed by atoms with Crippen molar-refractivity contribution in [3.05, 3.63) is 35.4 Å². The normalized spacial score (nSPS) is 25.6. The lowest BCUT2D eigenvalue weighted by atomic mass is 9.82. The maximum Gasteiger partial charge on any atom is 0.230 e. The number of amides is 1. The Labute approximate surface area is 127 Å². The molecule has 2 unspecified atom stereocenters. The number of carbonyl (C=O) groups is 1. The zero-order valence-electron chi connectivity index (χ0n) is 12.0. The third-order valence-corrected chi connectivity index (χ3v) is 4.45. The highest BCUT2D eigenvalue weighted by molar-refractivity contribution is 5.85. The molecule has 1 heterocycles. The summed E-state index contributed by atoms with van der Waals surface area (Å²) in [6, 6.07) is 8.78. The summed E-state index contributed by atoms with van der Waals surface area (Å²) in [5, 5.41) is 3.35. The minimum atomic E-state index is 0. The minimum Gasteiger partial charge on any atom is -0.337 e. The molecule has 0 spiro atoms. The molecule has 0 saturated carbocycles. The van der Waals surface area contributed by atoms with Gasteiger partial charge in [0.25, 0.3) is 0 Å². The van der Waals surface area contributed by atoms with Crippen LogP contribution in [0.1, 0.15) is 36.8 Å². The standard InChI is InChI=1S/C16H22N2O.ClH/c1-12-11-17-9-10-18(12)16(19)15-8-4-6-13-5-2-3-7-14(13)15;/h2-3,5,7,12,15,17H,4,6,8-11H2,1H3;1H. The van der Waals surface area contributed by atoms with Gasteiger partial charge in [0.05, 0.1) is 5.92 Å². The van der Waals surface area contributed by atoms with Crippen molar-refractivity contribution in [3.63, 3.8) is 0 Å². The summed E-state index contributed by atoms with van der Waals surface area (Å²) in [6.07, 6.45) is 3.26. The van der Waals surface area contributed by atoms with Crippen LogP contribution in [0.4, 0.5) is 0 Å². The molecule has 1 aromatic rings. The van der Waals surface area contributed by atoms with Gasteiger partial charge in [-0.1, -0.05) is 24.3 Å². The van der Waals surface area contributed by atoms with E-state index in [-0.39, 0.29) is 18.3 Å². The lowest BCUT2D eigenvalue weighted by molar-refractivity contribution is -0.136. The van der Waals surface area contributed by atoms with Gasteiger partial charge in [0.1, 0.15) is 0 Å². The third-order valence-electron chi connectivity index (χ3n) is 4.45. The molecule has 3 rings (SSSR count). The number of nitrogens with one attached hydrogen (secondary N) is 1. The van der Waals surface area contributed by atoms with Crippen molar-refractivity contribution in [2.24, 2.45) is 0 Å². The van der Waals surface area contributed by atoms with Crippen molar-refractivity contribution < 1.29 is 4.79 Å². The van der Waals surface area contributed by atoms with Crippen molar-refractivity contribution in [1.82, 2.24) is 10.2 Å². The summed E-state index contributed by atoms with van der Waals surface area (Å²) < 4.78 is 0. The second-order valence-electron chi connectivity index (χ2n) is 5.73. The van der Waals surface area contributed by atoms with Gasteiger partial charge in [0, 0.05) is 25.7 Å². The molecular formula is C16H23ClN2O. The third kappa shape index (κ3) is 2.84. The van der Waals surface area contributed by atoms with Gasteiger partial charge in [-0.05, 0) is 37.3 Å². The van der Waals surface area contributed by atoms with Gasteiger partial charge in [-0.3, -0.25) is 4.79 Å². The molecule has 1 aliphatic heterocycles. The molecule has 110 valence electrons. The van der Waals surface area contributed by atoms with Crippen molar-refractivity contribution in [2.75, 3.05) is 19.6 Å². The number of carbonyl (C=O) groups excluding carboxylic acids is 1. The molecular weight excluding hydrogens is 272 g/mol. The predicted molar refractivity (Wildman–Crippen MR) is 83.4 cm³/mol. The summed E-state index contributed by atoms with van der Waals surface area (Å²) in [4.78, 5) is 14.9. The fraction of sp³-hybridized carbons (Fsp3) is 0.562. The molecule has 1 aromatic carbocycles. The van der Waals surface area contributed by atoms with E-state index in [9.17, 15) is 4.79 Å². The summed E-state index contributed by atoms with van der Waals surface area (Å²) in [6.45, 7) is 4.82. The maximum absolute atomic E-state index is 12.8. The van der Waals surface area contributed by atoms with Crippen LogP contribution in [-0.2, 0) is 11.2 Å². The molecule has 1 aliphatic carbocycles. The van der Waals surface area contributed by atoms with E-state index in [1.54, 1.807) is 0 Å². The molecule has 1 saturated heterocycles. The minimum absolute atomic E-state index is 0. The van der Waals surface area contributed by atoms with Gasteiger partial charge in [-0.2, -0.15) is 0 Å². The van der Waals surface area contributed by atoms with Crippen LogP contribution in [0.2, 0.25) is 0 Å². The number of piperazine rings is 1. The number of hydrogen-bond donors (Lipinski definition) is 1. The van der Waals surface area contributed by atoms with Gasteiger partial charge in [0.15, 0.2) is 0 Å². The van der Waals surface area contributed by atoms with Crippen LogP contribution in [0.15, 0.2) is 24.3 Å². The van der Waals surface area contributed by atoms with E-state index < -0.39 is 0 Å². The summed E-state index contributed by atoms with van der Waals surface area (Å²) in [5.41, 5.74) is 2.64. The highest BCUT2D eigenvalue weighted by Gasteiger charge is 2.32. The van der Waals surface area contributed by atoms with Crippen LogP contribution >= 0.6 is 12.4 Å². The molecule has 0 aromatic heterocycles. The Morgan fingerprint density at radius 1 is 1.35 bits per heavy atom. The van der Waals surface area contributed by atoms with E-state index in [1.165, 1.54) is 11.1 Å². The first-order valence-electron chi connectivity index (χ1n) is 7.36. The Kier molecular flexibility index (Phi) is 5.06. The highest BCUT2D eigenvalue weighted by Crippen LogP contribution is 2.33. The van der Waals surface area contributed by atoms with Crippen molar-refractivity contribution in [1.29, 1.82) is 0 Å². The number of aryl methyl sites for hydroxylation is 1. The first kappa shape index (κ1) is 15.3. The predicted octanol–water partition coefficient (Wildman–Crippen LogP) is 2.35. The zero-order valence-corrected chi connectivity index (χ0v) is 12.8. The second-order valence-corrected chi connectivity index (χ2v) is 5.73. The number of benzene rings is 1. The topological polar surface area (TPSA) is 32.3 Å². The summed E-state index contributed by atoms with van der Waals surface area (Å²) in [5.74, 6) is 0.423. The number of rotatable bonds is 1. The largest absolute Gasteiger partial charge is 0.337 e. The van der Waals surface area contributed by atoms with Crippen LogP contribution in [0.3, 0.4) is 0 Å². The van der Waals surface area contributed by atoms with E-state index in [4.69, 9.17) is 0 Å². The van der Waals surface area contributed by atoms with Gasteiger partial charge in [-0.25, -0.2) is 0 Å². The fourth-order valence-corrected chi connectivity index (χ4v) is 3.38. The average molecular weight is 295 g/mol. The quantitative estimate of drug-likeness (QED) is 0.862. The van der Waals surface area contributed by atoms with Crippen LogP contribution in [0, 0.1) is 0 Å². The van der Waals surface area contributed by atoms with Crippen LogP contribution < -0.4 is 5.32 Å². The molecule has 1 N–H and O–H groups in total. The van der Waals surface area contributed by atoms with E-state index in [0.29, 0.717) is 11.9 Å². The molecule has 20 heavy (non-hydrogen) atoms. The van der Waals surface area contributed by atoms with E-state index in [1.807, 2.05) is 0 Å². The van der Waals surface area contributed by atoms with Crippen molar-refractivity contribution in [2.45, 2.75) is 38.1 Å². The SMILES string of the molecule is CC1CNCCN1C(=O)C1CCCc2ccccc21.Cl. The van der Waals surface area contributed by atoms with E-state index in [2.05, 4.69) is 41.4 Å². The van der Waals surface area contributed by atoms with Gasteiger partial charge >= 0.3 is 0 Å². The Morgan fingerprint density at radius 2 is 2.15 bits per heavy atom. The lowest BCUT2D eigenvalue weighted by Gasteiger charge is -2.37. The zero-order chi connectivity index (χ0) is 13.2. The number of nitrogens with zero attached hydrogens (tertiary/aromatic N) is 1. The Hall–Kier alpha value is -1.06. The molecule has 1 fully saturated rings. The fourth-order valence-electron chi connectivity index (χ4n) is 3.38. The number of hydrogen-bond acceptors (Lipinski definition) is 2. The molecule has 0 radical (unpaired) electrons. The second kappa shape index (κ2) is 6.59. The van der Waals surface area contributed by atoms with Crippen molar-refractivity contribution in [3.8, 4) is 0 Å². The Balaban J connectivity index is 0.00000147. The maximum atomic E-state index is 12.8. The Morgan fingerprint density at radius 3 is 2.95 bits per heavy atom. The van der Waals surface area contributed by atoms with Crippen molar-refractivity contribution >= 4 is 18.3 Å². The molecule has 4 heteroatoms. The van der Waals surface area contributed by atoms with Crippen LogP contribution in [0.5, 0.6) is 0 Å². The average Bonchev–Trinajstić information content (AvgIpc) is 2.46. The molecule has 3 nitrogen and oxygen atoms in total. The Bertz CT molecular complexity index is 477. The number of halogens is 1. The molecule has 0 bridgehead atoms. The lowest BCUT2D eigenvalue weighted by Crippen LogP contribution is -2.53. The molecule has 1 amide bonds. The van der Waals surface area contributed by atoms with Crippen LogP contribution in [0.25, 0.3) is 0 Å². The van der Waals surface area contributed by atoms with Gasteiger partial charge < -0.3 is 10.2 Å². The first-order chi connectivity index (χ1) is 9.27. The van der Waals surface area contributed by atoms with E-state index >= 15 is 0 Å².